The predicted molar refractivity (Wildman–Crippen MR) is 112 cm³/mol. The largest absolute Gasteiger partial charge is 0.497 e. The van der Waals surface area contributed by atoms with Gasteiger partial charge < -0.3 is 9.47 Å². The molecule has 1 atom stereocenters. The van der Waals surface area contributed by atoms with Crippen molar-refractivity contribution in [1.29, 1.82) is 0 Å². The van der Waals surface area contributed by atoms with Crippen molar-refractivity contribution in [2.24, 2.45) is 5.10 Å². The molecule has 0 radical (unpaired) electrons. The van der Waals surface area contributed by atoms with E-state index in [2.05, 4.69) is 0 Å². The molecule has 0 unspecified atom stereocenters. The zero-order valence-electron chi connectivity index (χ0n) is 17.1. The highest BCUT2D eigenvalue weighted by atomic mass is 16.6. The van der Waals surface area contributed by atoms with Gasteiger partial charge >= 0.3 is 5.97 Å². The number of carbonyl (C=O) groups is 1. The predicted octanol–water partition coefficient (Wildman–Crippen LogP) is 4.22. The highest BCUT2D eigenvalue weighted by Gasteiger charge is 2.31. The fourth-order valence-electron chi connectivity index (χ4n) is 3.32. The maximum atomic E-state index is 11.9. The molecule has 8 heteroatoms. The summed E-state index contributed by atoms with van der Waals surface area (Å²) in [5.41, 5.74) is 3.07. The van der Waals surface area contributed by atoms with E-state index < -0.39 is 10.9 Å². The number of ether oxygens (including phenoxy) is 2. The molecular weight excluding hydrogens is 386 g/mol. The molecule has 1 heterocycles. The number of allylic oxidation sites excluding steroid dienone is 1. The Morgan fingerprint density at radius 3 is 2.67 bits per heavy atom. The molecule has 8 nitrogen and oxygen atoms in total. The van der Waals surface area contributed by atoms with Crippen LogP contribution in [-0.4, -0.2) is 35.3 Å². The minimum absolute atomic E-state index is 0.0115. The van der Waals surface area contributed by atoms with Gasteiger partial charge in [0.25, 0.3) is 5.69 Å². The number of nitro groups is 1. The lowest BCUT2D eigenvalue weighted by Crippen LogP contribution is -2.19. The summed E-state index contributed by atoms with van der Waals surface area (Å²) >= 11 is 0. The quantitative estimate of drug-likeness (QED) is 0.294. The summed E-state index contributed by atoms with van der Waals surface area (Å²) < 4.78 is 10.2. The highest BCUT2D eigenvalue weighted by Crippen LogP contribution is 2.36. The van der Waals surface area contributed by atoms with Crippen LogP contribution in [0.1, 0.15) is 37.4 Å². The molecular formula is C22H23N3O5. The monoisotopic (exact) mass is 409 g/mol. The number of non-ortho nitro benzene ring substituents is 1. The first kappa shape index (κ1) is 21.0. The van der Waals surface area contributed by atoms with Crippen LogP contribution < -0.4 is 4.74 Å². The molecule has 1 aliphatic heterocycles. The van der Waals surface area contributed by atoms with Crippen molar-refractivity contribution in [2.45, 2.75) is 26.3 Å². The van der Waals surface area contributed by atoms with Gasteiger partial charge in [-0.3, -0.25) is 15.1 Å². The van der Waals surface area contributed by atoms with Crippen molar-refractivity contribution >= 4 is 17.4 Å². The molecule has 0 fully saturated rings. The van der Waals surface area contributed by atoms with Crippen molar-refractivity contribution in [2.75, 3.05) is 13.7 Å². The third-order valence-corrected chi connectivity index (χ3v) is 4.77. The number of nitro benzene ring substituents is 1. The van der Waals surface area contributed by atoms with Gasteiger partial charge in [-0.15, -0.1) is 0 Å². The Balaban J connectivity index is 1.98. The fourth-order valence-corrected chi connectivity index (χ4v) is 3.32. The van der Waals surface area contributed by atoms with Gasteiger partial charge in [-0.1, -0.05) is 12.1 Å². The van der Waals surface area contributed by atoms with Gasteiger partial charge in [0.1, 0.15) is 5.75 Å². The SMILES string of the molecule is CCOC(=O)/C=C(\C)N1N=C(c2ccc(OC)cc2)C[C@@H]1c1cccc([N+](=O)[O-])c1. The Hall–Kier alpha value is -3.68. The van der Waals surface area contributed by atoms with Crippen molar-refractivity contribution in [3.63, 3.8) is 0 Å². The number of esters is 1. The van der Waals surface area contributed by atoms with Crippen LogP contribution in [-0.2, 0) is 9.53 Å². The van der Waals surface area contributed by atoms with Crippen LogP contribution in [0.3, 0.4) is 0 Å². The van der Waals surface area contributed by atoms with E-state index in [-0.39, 0.29) is 18.3 Å². The van der Waals surface area contributed by atoms with Crippen LogP contribution >= 0.6 is 0 Å². The Labute approximate surface area is 174 Å². The fraction of sp³-hybridized carbons (Fsp3) is 0.273. The number of nitrogens with zero attached hydrogens (tertiary/aromatic N) is 3. The molecule has 0 amide bonds. The Kier molecular flexibility index (Phi) is 6.46. The highest BCUT2D eigenvalue weighted by molar-refractivity contribution is 6.02. The van der Waals surface area contributed by atoms with Gasteiger partial charge in [0.05, 0.1) is 30.4 Å². The van der Waals surface area contributed by atoms with Gasteiger partial charge in [0.2, 0.25) is 0 Å². The third kappa shape index (κ3) is 4.65. The number of rotatable bonds is 7. The van der Waals surface area contributed by atoms with Gasteiger partial charge in [-0.05, 0) is 49.2 Å². The van der Waals surface area contributed by atoms with Gasteiger partial charge in [-0.2, -0.15) is 5.10 Å². The van der Waals surface area contributed by atoms with E-state index in [0.29, 0.717) is 12.1 Å². The Morgan fingerprint density at radius 1 is 1.30 bits per heavy atom. The van der Waals surface area contributed by atoms with Gasteiger partial charge in [-0.25, -0.2) is 4.79 Å². The van der Waals surface area contributed by atoms with Crippen molar-refractivity contribution in [3.8, 4) is 5.75 Å². The third-order valence-electron chi connectivity index (χ3n) is 4.77. The molecule has 0 saturated carbocycles. The molecule has 0 saturated heterocycles. The number of carbonyl (C=O) groups excluding carboxylic acids is 1. The molecule has 2 aromatic rings. The van der Waals surface area contributed by atoms with E-state index in [9.17, 15) is 14.9 Å². The molecule has 1 aliphatic rings. The van der Waals surface area contributed by atoms with Crippen LogP contribution in [0.25, 0.3) is 0 Å². The minimum atomic E-state index is -0.458. The zero-order valence-corrected chi connectivity index (χ0v) is 17.1. The summed E-state index contributed by atoms with van der Waals surface area (Å²) in [6, 6.07) is 13.7. The lowest BCUT2D eigenvalue weighted by atomic mass is 9.98. The normalized spacial score (nSPS) is 16.2. The van der Waals surface area contributed by atoms with Crippen LogP contribution in [0.15, 0.2) is 65.4 Å². The van der Waals surface area contributed by atoms with Crippen molar-refractivity contribution in [3.05, 3.63) is 81.5 Å². The van der Waals surface area contributed by atoms with Crippen molar-refractivity contribution < 1.29 is 19.2 Å². The van der Waals surface area contributed by atoms with Crippen LogP contribution in [0.4, 0.5) is 5.69 Å². The number of benzene rings is 2. The second-order valence-corrected chi connectivity index (χ2v) is 6.73. The molecule has 0 aromatic heterocycles. The maximum absolute atomic E-state index is 11.9. The summed E-state index contributed by atoms with van der Waals surface area (Å²) in [5, 5.41) is 17.7. The first-order valence-corrected chi connectivity index (χ1v) is 9.53. The standard InChI is InChI=1S/C22H23N3O5/c1-4-30-22(26)12-15(2)24-21(17-6-5-7-18(13-17)25(27)28)14-20(23-24)16-8-10-19(29-3)11-9-16/h5-13,21H,4,14H2,1-3H3/b15-12+/t21-/m1/s1. The summed E-state index contributed by atoms with van der Waals surface area (Å²) in [6.07, 6.45) is 1.91. The molecule has 3 rings (SSSR count). The second kappa shape index (κ2) is 9.21. The van der Waals surface area contributed by atoms with E-state index in [1.165, 1.54) is 12.1 Å². The average Bonchev–Trinajstić information content (AvgIpc) is 3.20. The second-order valence-electron chi connectivity index (χ2n) is 6.73. The number of hydrogen-bond acceptors (Lipinski definition) is 7. The maximum Gasteiger partial charge on any atom is 0.332 e. The lowest BCUT2D eigenvalue weighted by molar-refractivity contribution is -0.384. The minimum Gasteiger partial charge on any atom is -0.497 e. The van der Waals surface area contributed by atoms with E-state index in [0.717, 1.165) is 22.6 Å². The smallest absolute Gasteiger partial charge is 0.332 e. The molecule has 2 aromatic carbocycles. The van der Waals surface area contributed by atoms with E-state index in [1.807, 2.05) is 30.3 Å². The molecule has 30 heavy (non-hydrogen) atoms. The summed E-state index contributed by atoms with van der Waals surface area (Å²) in [6.45, 7) is 3.78. The Bertz CT molecular complexity index is 998. The van der Waals surface area contributed by atoms with Crippen LogP contribution in [0.5, 0.6) is 5.75 Å². The first-order valence-electron chi connectivity index (χ1n) is 9.53. The van der Waals surface area contributed by atoms with Crippen LogP contribution in [0.2, 0.25) is 0 Å². The van der Waals surface area contributed by atoms with Gasteiger partial charge in [0, 0.05) is 30.3 Å². The van der Waals surface area contributed by atoms with E-state index >= 15 is 0 Å². The number of hydrogen-bond donors (Lipinski definition) is 0. The topological polar surface area (TPSA) is 94.3 Å². The Morgan fingerprint density at radius 2 is 2.03 bits per heavy atom. The molecule has 0 spiro atoms. The summed E-state index contributed by atoms with van der Waals surface area (Å²) in [5.74, 6) is 0.281. The van der Waals surface area contributed by atoms with E-state index in [1.54, 1.807) is 38.1 Å². The van der Waals surface area contributed by atoms with Crippen LogP contribution in [0, 0.1) is 10.1 Å². The summed E-state index contributed by atoms with van der Waals surface area (Å²) in [4.78, 5) is 22.7. The summed E-state index contributed by atoms with van der Waals surface area (Å²) in [7, 11) is 1.60. The zero-order chi connectivity index (χ0) is 21.7. The first-order chi connectivity index (χ1) is 14.4. The number of hydrazone groups is 1. The molecule has 0 aliphatic carbocycles. The van der Waals surface area contributed by atoms with Crippen molar-refractivity contribution in [1.82, 2.24) is 5.01 Å². The lowest BCUT2D eigenvalue weighted by Gasteiger charge is -2.24. The number of methoxy groups -OCH3 is 1. The van der Waals surface area contributed by atoms with Gasteiger partial charge in [0.15, 0.2) is 0 Å². The van der Waals surface area contributed by atoms with E-state index in [4.69, 9.17) is 14.6 Å². The molecule has 0 bridgehead atoms. The average molecular weight is 409 g/mol. The molecule has 156 valence electrons. The molecule has 0 N–H and O–H groups in total.